The molecule has 1 aromatic rings. The van der Waals surface area contributed by atoms with Gasteiger partial charge < -0.3 is 20.1 Å². The van der Waals surface area contributed by atoms with Gasteiger partial charge in [0.15, 0.2) is 0 Å². The zero-order valence-corrected chi connectivity index (χ0v) is 13.3. The van der Waals surface area contributed by atoms with Crippen molar-refractivity contribution in [3.8, 4) is 5.75 Å². The summed E-state index contributed by atoms with van der Waals surface area (Å²) in [5.41, 5.74) is 0.932. The number of amides is 2. The number of hydrogen-bond donors (Lipinski definition) is 2. The summed E-state index contributed by atoms with van der Waals surface area (Å²) in [6.45, 7) is 5.36. The second kappa shape index (κ2) is 8.92. The lowest BCUT2D eigenvalue weighted by molar-refractivity contribution is -0.137. The van der Waals surface area contributed by atoms with Gasteiger partial charge in [-0.1, -0.05) is 26.0 Å². The molecule has 1 aromatic carbocycles. The third-order valence-corrected chi connectivity index (χ3v) is 2.93. The zero-order chi connectivity index (χ0) is 16.5. The highest BCUT2D eigenvalue weighted by Crippen LogP contribution is 2.14. The molecular weight excluding hydrogens is 284 g/mol. The number of nitrogens with one attached hydrogen (secondary N) is 1. The van der Waals surface area contributed by atoms with E-state index in [9.17, 15) is 9.59 Å². The molecule has 22 heavy (non-hydrogen) atoms. The maximum atomic E-state index is 11.8. The van der Waals surface area contributed by atoms with Crippen molar-refractivity contribution in [3.05, 3.63) is 29.8 Å². The van der Waals surface area contributed by atoms with E-state index < -0.39 is 5.97 Å². The van der Waals surface area contributed by atoms with Gasteiger partial charge in [-0.25, -0.2) is 4.79 Å². The van der Waals surface area contributed by atoms with Gasteiger partial charge in [-0.05, 0) is 23.6 Å². The van der Waals surface area contributed by atoms with Crippen LogP contribution in [0, 0.1) is 5.92 Å². The quantitative estimate of drug-likeness (QED) is 0.772. The Labute approximate surface area is 131 Å². The first kappa shape index (κ1) is 17.8. The van der Waals surface area contributed by atoms with E-state index in [2.05, 4.69) is 19.2 Å². The van der Waals surface area contributed by atoms with Crippen LogP contribution in [0.15, 0.2) is 24.3 Å². The first-order valence-electron chi connectivity index (χ1n) is 7.31. The lowest BCUT2D eigenvalue weighted by atomic mass is 10.2. The highest BCUT2D eigenvalue weighted by molar-refractivity contribution is 5.75. The number of hydrogen-bond acceptors (Lipinski definition) is 3. The van der Waals surface area contributed by atoms with E-state index in [1.165, 1.54) is 4.90 Å². The molecule has 0 spiro atoms. The van der Waals surface area contributed by atoms with Crippen LogP contribution in [0.5, 0.6) is 5.75 Å². The molecule has 0 saturated carbocycles. The SMILES string of the molecule is CC(C)COc1cccc(CNC(=O)N(C)CCC(=O)O)c1. The van der Waals surface area contributed by atoms with Crippen molar-refractivity contribution in [2.45, 2.75) is 26.8 Å². The largest absolute Gasteiger partial charge is 0.493 e. The van der Waals surface area contributed by atoms with Crippen LogP contribution in [0.25, 0.3) is 0 Å². The molecule has 0 fully saturated rings. The molecule has 0 atom stereocenters. The van der Waals surface area contributed by atoms with Crippen molar-refractivity contribution >= 4 is 12.0 Å². The van der Waals surface area contributed by atoms with E-state index >= 15 is 0 Å². The number of aliphatic carboxylic acids is 1. The minimum Gasteiger partial charge on any atom is -0.493 e. The number of carbonyl (C=O) groups excluding carboxylic acids is 1. The Kier molecular flexibility index (Phi) is 7.22. The number of carboxylic acid groups (broad SMARTS) is 1. The number of nitrogens with zero attached hydrogens (tertiary/aromatic N) is 1. The predicted molar refractivity (Wildman–Crippen MR) is 83.9 cm³/mol. The molecule has 0 heterocycles. The topological polar surface area (TPSA) is 78.9 Å². The smallest absolute Gasteiger partial charge is 0.317 e. The van der Waals surface area contributed by atoms with Crippen molar-refractivity contribution in [1.29, 1.82) is 0 Å². The molecule has 6 nitrogen and oxygen atoms in total. The summed E-state index contributed by atoms with van der Waals surface area (Å²) < 4.78 is 5.64. The van der Waals surface area contributed by atoms with Gasteiger partial charge in [-0.15, -0.1) is 0 Å². The Morgan fingerprint density at radius 2 is 2.09 bits per heavy atom. The zero-order valence-electron chi connectivity index (χ0n) is 13.3. The third kappa shape index (κ3) is 6.97. The first-order valence-corrected chi connectivity index (χ1v) is 7.31. The monoisotopic (exact) mass is 308 g/mol. The number of rotatable bonds is 8. The van der Waals surface area contributed by atoms with Crippen molar-refractivity contribution in [1.82, 2.24) is 10.2 Å². The van der Waals surface area contributed by atoms with Gasteiger partial charge >= 0.3 is 12.0 Å². The molecule has 122 valence electrons. The minimum absolute atomic E-state index is 0.0670. The molecule has 1 rings (SSSR count). The molecule has 0 aliphatic heterocycles. The summed E-state index contributed by atoms with van der Waals surface area (Å²) in [6, 6.07) is 7.26. The standard InChI is InChI=1S/C16H24N2O4/c1-12(2)11-22-14-6-4-5-13(9-14)10-17-16(21)18(3)8-7-15(19)20/h4-6,9,12H,7-8,10-11H2,1-3H3,(H,17,21)(H,19,20). The van der Waals surface area contributed by atoms with Gasteiger partial charge in [0.05, 0.1) is 13.0 Å². The van der Waals surface area contributed by atoms with E-state index in [1.54, 1.807) is 7.05 Å². The summed E-state index contributed by atoms with van der Waals surface area (Å²) >= 11 is 0. The van der Waals surface area contributed by atoms with Crippen LogP contribution in [0.1, 0.15) is 25.8 Å². The van der Waals surface area contributed by atoms with E-state index in [-0.39, 0.29) is 19.0 Å². The van der Waals surface area contributed by atoms with Crippen LogP contribution in [-0.4, -0.2) is 42.2 Å². The molecule has 0 unspecified atom stereocenters. The normalized spacial score (nSPS) is 10.4. The average molecular weight is 308 g/mol. The summed E-state index contributed by atoms with van der Waals surface area (Å²) in [7, 11) is 1.57. The van der Waals surface area contributed by atoms with Crippen LogP contribution in [0.4, 0.5) is 4.79 Å². The second-order valence-corrected chi connectivity index (χ2v) is 5.58. The summed E-state index contributed by atoms with van der Waals surface area (Å²) in [5.74, 6) is 0.306. The number of benzene rings is 1. The summed E-state index contributed by atoms with van der Waals surface area (Å²) in [6.07, 6.45) is -0.0670. The third-order valence-electron chi connectivity index (χ3n) is 2.93. The Morgan fingerprint density at radius 1 is 1.36 bits per heavy atom. The van der Waals surface area contributed by atoms with Crippen molar-refractivity contribution < 1.29 is 19.4 Å². The first-order chi connectivity index (χ1) is 10.4. The average Bonchev–Trinajstić information content (AvgIpc) is 2.48. The Hall–Kier alpha value is -2.24. The number of urea groups is 1. The van der Waals surface area contributed by atoms with Crippen LogP contribution in [0.2, 0.25) is 0 Å². The van der Waals surface area contributed by atoms with Gasteiger partial charge in [0, 0.05) is 20.1 Å². The molecular formula is C16H24N2O4. The molecule has 0 saturated heterocycles. The predicted octanol–water partition coefficient (Wildman–Crippen LogP) is 2.34. The second-order valence-electron chi connectivity index (χ2n) is 5.58. The molecule has 6 heteroatoms. The summed E-state index contributed by atoms with van der Waals surface area (Å²) in [4.78, 5) is 23.7. The van der Waals surface area contributed by atoms with Crippen molar-refractivity contribution in [3.63, 3.8) is 0 Å². The molecule has 0 aliphatic carbocycles. The maximum Gasteiger partial charge on any atom is 0.317 e. The summed E-state index contributed by atoms with van der Waals surface area (Å²) in [5, 5.41) is 11.4. The number of carboxylic acids is 1. The Balaban J connectivity index is 2.45. The van der Waals surface area contributed by atoms with E-state index in [0.717, 1.165) is 11.3 Å². The fraction of sp³-hybridized carbons (Fsp3) is 0.500. The number of ether oxygens (including phenoxy) is 1. The van der Waals surface area contributed by atoms with E-state index in [4.69, 9.17) is 9.84 Å². The van der Waals surface area contributed by atoms with E-state index in [0.29, 0.717) is 19.1 Å². The molecule has 0 radical (unpaired) electrons. The van der Waals surface area contributed by atoms with Crippen molar-refractivity contribution in [2.75, 3.05) is 20.2 Å². The van der Waals surface area contributed by atoms with Gasteiger partial charge in [0.2, 0.25) is 0 Å². The van der Waals surface area contributed by atoms with Crippen LogP contribution in [-0.2, 0) is 11.3 Å². The molecule has 0 aromatic heterocycles. The fourth-order valence-corrected chi connectivity index (χ4v) is 1.69. The van der Waals surface area contributed by atoms with Crippen LogP contribution < -0.4 is 10.1 Å². The number of carbonyl (C=O) groups is 2. The van der Waals surface area contributed by atoms with Crippen molar-refractivity contribution in [2.24, 2.45) is 5.92 Å². The van der Waals surface area contributed by atoms with Gasteiger partial charge in [-0.2, -0.15) is 0 Å². The molecule has 2 amide bonds. The Morgan fingerprint density at radius 3 is 2.73 bits per heavy atom. The molecule has 0 aliphatic rings. The van der Waals surface area contributed by atoms with Gasteiger partial charge in [0.1, 0.15) is 5.75 Å². The highest BCUT2D eigenvalue weighted by Gasteiger charge is 2.09. The van der Waals surface area contributed by atoms with Crippen LogP contribution in [0.3, 0.4) is 0 Å². The molecule has 2 N–H and O–H groups in total. The molecule has 0 bridgehead atoms. The lowest BCUT2D eigenvalue weighted by Crippen LogP contribution is -2.37. The van der Waals surface area contributed by atoms with Gasteiger partial charge in [0.25, 0.3) is 0 Å². The Bertz CT molecular complexity index is 503. The van der Waals surface area contributed by atoms with Crippen LogP contribution >= 0.6 is 0 Å². The lowest BCUT2D eigenvalue weighted by Gasteiger charge is -2.17. The highest BCUT2D eigenvalue weighted by atomic mass is 16.5. The minimum atomic E-state index is -0.922. The fourth-order valence-electron chi connectivity index (χ4n) is 1.69. The van der Waals surface area contributed by atoms with Gasteiger partial charge in [-0.3, -0.25) is 4.79 Å². The maximum absolute atomic E-state index is 11.8. The van der Waals surface area contributed by atoms with E-state index in [1.807, 2.05) is 24.3 Å².